The third-order valence-corrected chi connectivity index (χ3v) is 4.60. The molecule has 0 saturated carbocycles. The summed E-state index contributed by atoms with van der Waals surface area (Å²) in [6, 6.07) is 0. The van der Waals surface area contributed by atoms with Gasteiger partial charge in [-0.3, -0.25) is 0 Å². The van der Waals surface area contributed by atoms with Crippen LogP contribution in [0.5, 0.6) is 0 Å². The monoisotopic (exact) mass is 214 g/mol. The van der Waals surface area contributed by atoms with Crippen molar-refractivity contribution in [1.29, 1.82) is 0 Å². The molecule has 0 aliphatic carbocycles. The van der Waals surface area contributed by atoms with Gasteiger partial charge in [0.1, 0.15) is 4.34 Å². The predicted octanol–water partition coefficient (Wildman–Crippen LogP) is 2.33. The number of rotatable bonds is 2. The zero-order chi connectivity index (χ0) is 9.10. The van der Waals surface area contributed by atoms with Crippen LogP contribution in [-0.2, 0) is 0 Å². The van der Waals surface area contributed by atoms with Crippen LogP contribution < -0.4 is 0 Å². The van der Waals surface area contributed by atoms with Gasteiger partial charge in [-0.15, -0.1) is 11.3 Å². The lowest BCUT2D eigenvalue weighted by Crippen LogP contribution is -2.31. The van der Waals surface area contributed by atoms with Gasteiger partial charge in [-0.25, -0.2) is 4.98 Å². The van der Waals surface area contributed by atoms with E-state index in [9.17, 15) is 0 Å². The second-order valence-corrected chi connectivity index (χ2v) is 5.86. The van der Waals surface area contributed by atoms with E-state index in [0.717, 1.165) is 5.25 Å². The Bertz CT molecular complexity index is 240. The fourth-order valence-corrected chi connectivity index (χ4v) is 3.52. The van der Waals surface area contributed by atoms with Gasteiger partial charge < -0.3 is 4.90 Å². The molecule has 13 heavy (non-hydrogen) atoms. The molecule has 0 bridgehead atoms. The van der Waals surface area contributed by atoms with Crippen LogP contribution in [0.3, 0.4) is 0 Å². The van der Waals surface area contributed by atoms with Gasteiger partial charge in [0.15, 0.2) is 0 Å². The first-order valence-corrected chi connectivity index (χ1v) is 6.35. The molecule has 2 rings (SSSR count). The number of nitrogens with zero attached hydrogens (tertiary/aromatic N) is 2. The molecule has 1 aliphatic rings. The predicted molar refractivity (Wildman–Crippen MR) is 58.5 cm³/mol. The summed E-state index contributed by atoms with van der Waals surface area (Å²) in [6.45, 7) is 2.48. The van der Waals surface area contributed by atoms with E-state index in [4.69, 9.17) is 0 Å². The molecule has 1 fully saturated rings. The molecule has 0 amide bonds. The Morgan fingerprint density at radius 2 is 2.31 bits per heavy atom. The maximum atomic E-state index is 4.30. The van der Waals surface area contributed by atoms with Crippen LogP contribution >= 0.6 is 23.1 Å². The fourth-order valence-electron chi connectivity index (χ4n) is 1.51. The SMILES string of the molecule is CN1CCC(Sc2nccs2)CC1. The van der Waals surface area contributed by atoms with Gasteiger partial charge in [-0.2, -0.15) is 0 Å². The molecule has 0 atom stereocenters. The molecule has 1 aliphatic heterocycles. The fraction of sp³-hybridized carbons (Fsp3) is 0.667. The topological polar surface area (TPSA) is 16.1 Å². The van der Waals surface area contributed by atoms with E-state index >= 15 is 0 Å². The lowest BCUT2D eigenvalue weighted by atomic mass is 10.1. The first-order chi connectivity index (χ1) is 6.34. The summed E-state index contributed by atoms with van der Waals surface area (Å²) in [5.74, 6) is 0. The van der Waals surface area contributed by atoms with Crippen molar-refractivity contribution in [3.05, 3.63) is 11.6 Å². The summed E-state index contributed by atoms with van der Waals surface area (Å²) in [6.07, 6.45) is 4.50. The van der Waals surface area contributed by atoms with Crippen LogP contribution in [0.2, 0.25) is 0 Å². The molecular weight excluding hydrogens is 200 g/mol. The summed E-state index contributed by atoms with van der Waals surface area (Å²) >= 11 is 3.71. The van der Waals surface area contributed by atoms with E-state index in [1.165, 1.54) is 30.3 Å². The number of hydrogen-bond donors (Lipinski definition) is 0. The Labute approximate surface area is 87.4 Å². The third-order valence-electron chi connectivity index (χ3n) is 2.34. The molecule has 1 aromatic rings. The van der Waals surface area contributed by atoms with Gasteiger partial charge in [0.05, 0.1) is 0 Å². The molecule has 0 aromatic carbocycles. The first-order valence-electron chi connectivity index (χ1n) is 4.59. The number of likely N-dealkylation sites (tertiary alicyclic amines) is 1. The van der Waals surface area contributed by atoms with Crippen LogP contribution in [0.25, 0.3) is 0 Å². The van der Waals surface area contributed by atoms with E-state index in [2.05, 4.69) is 22.3 Å². The summed E-state index contributed by atoms with van der Waals surface area (Å²) in [5.41, 5.74) is 0. The maximum absolute atomic E-state index is 4.30. The summed E-state index contributed by atoms with van der Waals surface area (Å²) < 4.78 is 1.23. The Hall–Kier alpha value is -0.0600. The number of hydrogen-bond acceptors (Lipinski definition) is 4. The zero-order valence-corrected chi connectivity index (χ0v) is 9.40. The Kier molecular flexibility index (Phi) is 3.24. The zero-order valence-electron chi connectivity index (χ0n) is 7.77. The van der Waals surface area contributed by atoms with Gasteiger partial charge in [0.2, 0.25) is 0 Å². The highest BCUT2D eigenvalue weighted by Crippen LogP contribution is 2.30. The van der Waals surface area contributed by atoms with Crippen molar-refractivity contribution < 1.29 is 0 Å². The van der Waals surface area contributed by atoms with Crippen molar-refractivity contribution in [2.75, 3.05) is 20.1 Å². The quantitative estimate of drug-likeness (QED) is 0.751. The van der Waals surface area contributed by atoms with Gasteiger partial charge in [-0.1, -0.05) is 11.8 Å². The summed E-state index contributed by atoms with van der Waals surface area (Å²) in [4.78, 5) is 6.70. The standard InChI is InChI=1S/C9H14N2S2/c1-11-5-2-8(3-6-11)13-9-10-4-7-12-9/h4,7-8H,2-3,5-6H2,1H3. The highest BCUT2D eigenvalue weighted by atomic mass is 32.2. The normalized spacial score (nSPS) is 20.7. The minimum atomic E-state index is 0.794. The lowest BCUT2D eigenvalue weighted by molar-refractivity contribution is 0.282. The average Bonchev–Trinajstić information content (AvgIpc) is 2.62. The van der Waals surface area contributed by atoms with Crippen molar-refractivity contribution in [3.63, 3.8) is 0 Å². The van der Waals surface area contributed by atoms with Crippen LogP contribution in [0, 0.1) is 0 Å². The first kappa shape index (κ1) is 9.49. The minimum Gasteiger partial charge on any atom is -0.306 e. The van der Waals surface area contributed by atoms with E-state index in [-0.39, 0.29) is 0 Å². The van der Waals surface area contributed by atoms with Crippen molar-refractivity contribution in [1.82, 2.24) is 9.88 Å². The Morgan fingerprint density at radius 1 is 1.54 bits per heavy atom. The van der Waals surface area contributed by atoms with E-state index < -0.39 is 0 Å². The third kappa shape index (κ3) is 2.69. The van der Waals surface area contributed by atoms with Crippen molar-refractivity contribution >= 4 is 23.1 Å². The Morgan fingerprint density at radius 3 is 2.92 bits per heavy atom. The molecule has 0 unspecified atom stereocenters. The van der Waals surface area contributed by atoms with Gasteiger partial charge in [0.25, 0.3) is 0 Å². The minimum absolute atomic E-state index is 0.794. The van der Waals surface area contributed by atoms with E-state index in [1.54, 1.807) is 11.3 Å². The van der Waals surface area contributed by atoms with E-state index in [1.807, 2.05) is 18.0 Å². The van der Waals surface area contributed by atoms with E-state index in [0.29, 0.717) is 0 Å². The van der Waals surface area contributed by atoms with Crippen LogP contribution in [0.4, 0.5) is 0 Å². The number of piperidine rings is 1. The molecule has 0 radical (unpaired) electrons. The summed E-state index contributed by atoms with van der Waals surface area (Å²) in [7, 11) is 2.20. The maximum Gasteiger partial charge on any atom is 0.150 e. The molecule has 72 valence electrons. The number of aromatic nitrogens is 1. The van der Waals surface area contributed by atoms with Gasteiger partial charge in [-0.05, 0) is 33.0 Å². The smallest absolute Gasteiger partial charge is 0.150 e. The Balaban J connectivity index is 1.83. The van der Waals surface area contributed by atoms with Crippen molar-refractivity contribution in [2.24, 2.45) is 0 Å². The molecule has 1 aromatic heterocycles. The highest BCUT2D eigenvalue weighted by Gasteiger charge is 2.18. The van der Waals surface area contributed by atoms with Gasteiger partial charge >= 0.3 is 0 Å². The van der Waals surface area contributed by atoms with Crippen LogP contribution in [0.15, 0.2) is 15.9 Å². The molecule has 2 nitrogen and oxygen atoms in total. The summed E-state index contributed by atoms with van der Waals surface area (Å²) in [5, 5.41) is 2.85. The molecule has 2 heterocycles. The molecule has 1 saturated heterocycles. The second-order valence-electron chi connectivity index (χ2n) is 3.42. The van der Waals surface area contributed by atoms with Crippen LogP contribution in [-0.4, -0.2) is 35.3 Å². The average molecular weight is 214 g/mol. The lowest BCUT2D eigenvalue weighted by Gasteiger charge is -2.27. The van der Waals surface area contributed by atoms with Crippen LogP contribution in [0.1, 0.15) is 12.8 Å². The largest absolute Gasteiger partial charge is 0.306 e. The number of thioether (sulfide) groups is 1. The van der Waals surface area contributed by atoms with Crippen molar-refractivity contribution in [2.45, 2.75) is 22.4 Å². The second kappa shape index (κ2) is 4.44. The van der Waals surface area contributed by atoms with Gasteiger partial charge in [0, 0.05) is 16.8 Å². The number of thiazole rings is 1. The molecule has 0 spiro atoms. The molecular formula is C9H14N2S2. The highest BCUT2D eigenvalue weighted by molar-refractivity contribution is 8.01. The van der Waals surface area contributed by atoms with Crippen molar-refractivity contribution in [3.8, 4) is 0 Å². The molecule has 0 N–H and O–H groups in total. The molecule has 4 heteroatoms.